The summed E-state index contributed by atoms with van der Waals surface area (Å²) in [6.07, 6.45) is 1.35. The molecule has 0 spiro atoms. The molecule has 122 valence electrons. The number of aryl methyl sites for hydroxylation is 1. The molecule has 0 heterocycles. The van der Waals surface area contributed by atoms with Crippen LogP contribution in [0.15, 0.2) is 18.2 Å². The maximum Gasteiger partial charge on any atom is 0.534 e. The van der Waals surface area contributed by atoms with Crippen molar-refractivity contribution < 1.29 is 35.7 Å². The Kier molecular flexibility index (Phi) is 4.37. The van der Waals surface area contributed by atoms with E-state index in [1.54, 1.807) is 0 Å². The quantitative estimate of drug-likeness (QED) is 0.608. The zero-order valence-corrected chi connectivity index (χ0v) is 12.0. The number of fused-ring (bicyclic) bond motifs is 1. The van der Waals surface area contributed by atoms with Crippen molar-refractivity contribution in [2.24, 2.45) is 5.92 Å². The van der Waals surface area contributed by atoms with Gasteiger partial charge in [0.2, 0.25) is 0 Å². The van der Waals surface area contributed by atoms with Gasteiger partial charge in [0.25, 0.3) is 0 Å². The van der Waals surface area contributed by atoms with Crippen molar-refractivity contribution in [1.29, 1.82) is 0 Å². The molecule has 1 aliphatic carbocycles. The third-order valence-corrected chi connectivity index (χ3v) is 4.43. The van der Waals surface area contributed by atoms with Crippen LogP contribution in [0.5, 0.6) is 5.75 Å². The van der Waals surface area contributed by atoms with Crippen molar-refractivity contribution in [3.05, 3.63) is 29.3 Å². The molecule has 0 radical (unpaired) electrons. The Bertz CT molecular complexity index is 681. The van der Waals surface area contributed by atoms with E-state index < -0.39 is 27.3 Å². The van der Waals surface area contributed by atoms with E-state index in [-0.39, 0.29) is 12.3 Å². The summed E-state index contributed by atoms with van der Waals surface area (Å²) in [5.41, 5.74) is -4.05. The van der Waals surface area contributed by atoms with E-state index in [1.165, 1.54) is 12.1 Å². The van der Waals surface area contributed by atoms with Gasteiger partial charge in [-0.2, -0.15) is 21.6 Å². The molecule has 1 aliphatic rings. The number of carbonyl (C=O) groups excluding carboxylic acids is 1. The lowest BCUT2D eigenvalue weighted by atomic mass is 9.82. The van der Waals surface area contributed by atoms with Crippen molar-refractivity contribution in [2.75, 3.05) is 0 Å². The third kappa shape index (κ3) is 3.70. The molecule has 0 N–H and O–H groups in total. The number of alkyl halides is 3. The molecular weight excluding hydrogens is 325 g/mol. The lowest BCUT2D eigenvalue weighted by Gasteiger charge is -2.25. The molecule has 0 aliphatic heterocycles. The number of carbonyl (C=O) groups is 1. The summed E-state index contributed by atoms with van der Waals surface area (Å²) in [5.74, 6) is -1.65. The number of carboxylic acid groups (broad SMARTS) is 1. The van der Waals surface area contributed by atoms with Crippen LogP contribution in [0.3, 0.4) is 0 Å². The summed E-state index contributed by atoms with van der Waals surface area (Å²) in [6.45, 7) is 0. The SMILES string of the molecule is O=C([O-])CC1CCc2cc(OS(=O)(=O)C(F)(F)F)ccc2C1. The van der Waals surface area contributed by atoms with Crippen LogP contribution in [0.1, 0.15) is 24.0 Å². The predicted octanol–water partition coefficient (Wildman–Crippen LogP) is 1.16. The molecule has 1 atom stereocenters. The van der Waals surface area contributed by atoms with Crippen LogP contribution < -0.4 is 9.29 Å². The molecule has 0 amide bonds. The molecule has 0 bridgehead atoms. The Morgan fingerprint density at radius 1 is 1.32 bits per heavy atom. The molecule has 1 aromatic rings. The summed E-state index contributed by atoms with van der Waals surface area (Å²) >= 11 is 0. The van der Waals surface area contributed by atoms with Crippen LogP contribution >= 0.6 is 0 Å². The maximum absolute atomic E-state index is 12.3. The number of hydrogen-bond acceptors (Lipinski definition) is 5. The van der Waals surface area contributed by atoms with Gasteiger partial charge in [0.05, 0.1) is 0 Å². The van der Waals surface area contributed by atoms with Gasteiger partial charge in [-0.1, -0.05) is 6.07 Å². The molecule has 22 heavy (non-hydrogen) atoms. The summed E-state index contributed by atoms with van der Waals surface area (Å²) in [7, 11) is -5.69. The minimum atomic E-state index is -5.69. The maximum atomic E-state index is 12.3. The van der Waals surface area contributed by atoms with Gasteiger partial charge < -0.3 is 14.1 Å². The van der Waals surface area contributed by atoms with Crippen LogP contribution in [0.25, 0.3) is 0 Å². The van der Waals surface area contributed by atoms with E-state index in [9.17, 15) is 31.5 Å². The van der Waals surface area contributed by atoms with Crippen LogP contribution in [0, 0.1) is 5.92 Å². The van der Waals surface area contributed by atoms with Crippen molar-refractivity contribution >= 4 is 16.1 Å². The fourth-order valence-electron chi connectivity index (χ4n) is 2.44. The Hall–Kier alpha value is -1.77. The number of carboxylic acids is 1. The molecule has 0 saturated carbocycles. The van der Waals surface area contributed by atoms with Crippen molar-refractivity contribution in [2.45, 2.75) is 31.2 Å². The second-order valence-electron chi connectivity index (χ2n) is 5.10. The van der Waals surface area contributed by atoms with Gasteiger partial charge >= 0.3 is 15.6 Å². The molecule has 0 aromatic heterocycles. The summed E-state index contributed by atoms with van der Waals surface area (Å²) in [6, 6.07) is 3.83. The largest absolute Gasteiger partial charge is 0.550 e. The highest BCUT2D eigenvalue weighted by Gasteiger charge is 2.48. The van der Waals surface area contributed by atoms with Gasteiger partial charge in [-0.25, -0.2) is 0 Å². The second-order valence-corrected chi connectivity index (χ2v) is 6.64. The van der Waals surface area contributed by atoms with E-state index >= 15 is 0 Å². The average molecular weight is 337 g/mol. The summed E-state index contributed by atoms with van der Waals surface area (Å²) in [5, 5.41) is 10.6. The van der Waals surface area contributed by atoms with Crippen molar-refractivity contribution in [3.63, 3.8) is 0 Å². The van der Waals surface area contributed by atoms with Gasteiger partial charge in [-0.15, -0.1) is 0 Å². The number of rotatable bonds is 4. The van der Waals surface area contributed by atoms with E-state index in [2.05, 4.69) is 4.18 Å². The van der Waals surface area contributed by atoms with Gasteiger partial charge in [-0.3, -0.25) is 0 Å². The van der Waals surface area contributed by atoms with E-state index in [1.807, 2.05) is 0 Å². The van der Waals surface area contributed by atoms with E-state index in [0.29, 0.717) is 24.8 Å². The van der Waals surface area contributed by atoms with Crippen LogP contribution in [-0.2, 0) is 27.8 Å². The molecular formula is C13H12F3O5S-. The Morgan fingerprint density at radius 2 is 2.00 bits per heavy atom. The van der Waals surface area contributed by atoms with Crippen LogP contribution in [0.4, 0.5) is 13.2 Å². The standard InChI is InChI=1S/C13H13F3O5S/c14-13(15,16)22(19,20)21-11-4-3-9-5-8(6-12(17)18)1-2-10(9)7-11/h3-4,7-8H,1-2,5-6H2,(H,17,18)/p-1. The zero-order chi connectivity index (χ0) is 16.5. The van der Waals surface area contributed by atoms with E-state index in [4.69, 9.17) is 0 Å². The monoisotopic (exact) mass is 337 g/mol. The smallest absolute Gasteiger partial charge is 0.534 e. The topological polar surface area (TPSA) is 83.5 Å². The first-order valence-corrected chi connectivity index (χ1v) is 7.82. The summed E-state index contributed by atoms with van der Waals surface area (Å²) < 4.78 is 62.7. The highest BCUT2D eigenvalue weighted by atomic mass is 32.2. The Balaban J connectivity index is 2.16. The lowest BCUT2D eigenvalue weighted by molar-refractivity contribution is -0.306. The third-order valence-electron chi connectivity index (χ3n) is 3.45. The minimum Gasteiger partial charge on any atom is -0.550 e. The fourth-order valence-corrected chi connectivity index (χ4v) is 2.89. The molecule has 2 rings (SSSR count). The van der Waals surface area contributed by atoms with Gasteiger partial charge in [0.15, 0.2) is 0 Å². The molecule has 9 heteroatoms. The Morgan fingerprint density at radius 3 is 2.59 bits per heavy atom. The zero-order valence-electron chi connectivity index (χ0n) is 11.2. The first-order valence-electron chi connectivity index (χ1n) is 6.41. The highest BCUT2D eigenvalue weighted by molar-refractivity contribution is 7.88. The first-order chi connectivity index (χ1) is 10.1. The number of benzene rings is 1. The fraction of sp³-hybridized carbons (Fsp3) is 0.462. The highest BCUT2D eigenvalue weighted by Crippen LogP contribution is 2.32. The van der Waals surface area contributed by atoms with Gasteiger partial charge in [-0.05, 0) is 54.9 Å². The molecule has 5 nitrogen and oxygen atoms in total. The summed E-state index contributed by atoms with van der Waals surface area (Å²) in [4.78, 5) is 10.6. The van der Waals surface area contributed by atoms with Gasteiger partial charge in [0, 0.05) is 5.97 Å². The van der Waals surface area contributed by atoms with Crippen LogP contribution in [-0.4, -0.2) is 19.9 Å². The van der Waals surface area contributed by atoms with Gasteiger partial charge in [0.1, 0.15) is 5.75 Å². The predicted molar refractivity (Wildman–Crippen MR) is 67.2 cm³/mol. The first kappa shape index (κ1) is 16.6. The average Bonchev–Trinajstić information content (AvgIpc) is 2.36. The van der Waals surface area contributed by atoms with Crippen molar-refractivity contribution in [3.8, 4) is 5.75 Å². The molecule has 1 unspecified atom stereocenters. The van der Waals surface area contributed by atoms with E-state index in [0.717, 1.165) is 11.6 Å². The minimum absolute atomic E-state index is 0.0832. The number of halogens is 3. The number of hydrogen-bond donors (Lipinski definition) is 0. The molecule has 0 saturated heterocycles. The van der Waals surface area contributed by atoms with Crippen molar-refractivity contribution in [1.82, 2.24) is 0 Å². The molecule has 1 aromatic carbocycles. The number of aliphatic carboxylic acids is 1. The lowest BCUT2D eigenvalue weighted by Crippen LogP contribution is -2.28. The normalized spacial score (nSPS) is 18.6. The van der Waals surface area contributed by atoms with Crippen LogP contribution in [0.2, 0.25) is 0 Å². The molecule has 0 fully saturated rings. The second kappa shape index (κ2) is 5.79. The Labute approximate surface area is 124 Å².